The summed E-state index contributed by atoms with van der Waals surface area (Å²) in [5.41, 5.74) is 1.43. The largest absolute Gasteiger partial charge is 0.497 e. The minimum absolute atomic E-state index is 0.0392. The Hall–Kier alpha value is -3.09. The third kappa shape index (κ3) is 3.72. The predicted octanol–water partition coefficient (Wildman–Crippen LogP) is 3.56. The summed E-state index contributed by atoms with van der Waals surface area (Å²) in [6, 6.07) is 11.4. The van der Waals surface area contributed by atoms with E-state index in [1.165, 1.54) is 17.0 Å². The minimum Gasteiger partial charge on any atom is -0.497 e. The maximum atomic E-state index is 13.6. The third-order valence-corrected chi connectivity index (χ3v) is 5.93. The average molecular weight is 412 g/mol. The van der Waals surface area contributed by atoms with Gasteiger partial charge in [-0.05, 0) is 43.2 Å². The third-order valence-electron chi connectivity index (χ3n) is 5.93. The van der Waals surface area contributed by atoms with E-state index in [0.717, 1.165) is 18.4 Å². The van der Waals surface area contributed by atoms with Crippen molar-refractivity contribution in [1.82, 2.24) is 4.90 Å². The Kier molecular flexibility index (Phi) is 5.61. The summed E-state index contributed by atoms with van der Waals surface area (Å²) in [4.78, 5) is 29.3. The van der Waals surface area contributed by atoms with Crippen molar-refractivity contribution in [3.8, 4) is 11.5 Å². The summed E-state index contributed by atoms with van der Waals surface area (Å²) in [5, 5.41) is 0. The SMILES string of the molecule is COc1ccc([C@H]2CCCN2C(=O)[C@@H]2CC(=O)N(c3cccc(F)c3)C2)c(OC)c1. The van der Waals surface area contributed by atoms with Gasteiger partial charge in [0.05, 0.1) is 26.2 Å². The summed E-state index contributed by atoms with van der Waals surface area (Å²) in [7, 11) is 3.20. The van der Waals surface area contributed by atoms with E-state index in [9.17, 15) is 14.0 Å². The highest BCUT2D eigenvalue weighted by atomic mass is 19.1. The zero-order valence-electron chi connectivity index (χ0n) is 17.1. The molecule has 0 unspecified atom stereocenters. The molecule has 0 aliphatic carbocycles. The van der Waals surface area contributed by atoms with Gasteiger partial charge in [-0.15, -0.1) is 0 Å². The van der Waals surface area contributed by atoms with Gasteiger partial charge in [-0.25, -0.2) is 4.39 Å². The molecule has 2 saturated heterocycles. The fourth-order valence-electron chi connectivity index (χ4n) is 4.45. The van der Waals surface area contributed by atoms with Gasteiger partial charge in [0.15, 0.2) is 0 Å². The quantitative estimate of drug-likeness (QED) is 0.754. The molecule has 0 spiro atoms. The number of ether oxygens (including phenoxy) is 2. The lowest BCUT2D eigenvalue weighted by molar-refractivity contribution is -0.136. The first-order chi connectivity index (χ1) is 14.5. The molecule has 2 heterocycles. The van der Waals surface area contributed by atoms with Crippen molar-refractivity contribution in [2.24, 2.45) is 5.92 Å². The zero-order valence-corrected chi connectivity index (χ0v) is 17.1. The number of hydrogen-bond donors (Lipinski definition) is 0. The number of methoxy groups -OCH3 is 2. The molecule has 158 valence electrons. The number of benzene rings is 2. The monoisotopic (exact) mass is 412 g/mol. The van der Waals surface area contributed by atoms with Gasteiger partial charge in [0.1, 0.15) is 17.3 Å². The van der Waals surface area contributed by atoms with Crippen LogP contribution in [0.25, 0.3) is 0 Å². The van der Waals surface area contributed by atoms with E-state index >= 15 is 0 Å². The number of nitrogens with zero attached hydrogens (tertiary/aromatic N) is 2. The number of halogens is 1. The first-order valence-corrected chi connectivity index (χ1v) is 10.1. The molecule has 2 fully saturated rings. The molecular formula is C23H25FN2O4. The maximum absolute atomic E-state index is 13.6. The van der Waals surface area contributed by atoms with Crippen LogP contribution < -0.4 is 14.4 Å². The Morgan fingerprint density at radius 3 is 2.70 bits per heavy atom. The summed E-state index contributed by atoms with van der Waals surface area (Å²) >= 11 is 0. The van der Waals surface area contributed by atoms with Crippen LogP contribution in [0, 0.1) is 11.7 Å². The average Bonchev–Trinajstić information content (AvgIpc) is 3.39. The molecule has 2 amide bonds. The lowest BCUT2D eigenvalue weighted by Gasteiger charge is -2.28. The number of carbonyl (C=O) groups excluding carboxylic acids is 2. The van der Waals surface area contributed by atoms with Crippen LogP contribution in [0.15, 0.2) is 42.5 Å². The highest BCUT2D eigenvalue weighted by Crippen LogP contribution is 2.40. The first-order valence-electron chi connectivity index (χ1n) is 10.1. The Morgan fingerprint density at radius 2 is 1.97 bits per heavy atom. The fourth-order valence-corrected chi connectivity index (χ4v) is 4.45. The van der Waals surface area contributed by atoms with Gasteiger partial charge >= 0.3 is 0 Å². The standard InChI is InChI=1S/C23H25FN2O4/c1-29-18-8-9-19(21(13-18)30-2)20-7-4-10-25(20)23(28)15-11-22(27)26(14-15)17-6-3-5-16(24)12-17/h3,5-6,8-9,12-13,15,20H,4,7,10-11,14H2,1-2H3/t15-,20-/m1/s1. The van der Waals surface area contributed by atoms with E-state index in [1.807, 2.05) is 23.1 Å². The topological polar surface area (TPSA) is 59.1 Å². The Morgan fingerprint density at radius 1 is 1.13 bits per heavy atom. The van der Waals surface area contributed by atoms with Crippen molar-refractivity contribution in [3.63, 3.8) is 0 Å². The highest BCUT2D eigenvalue weighted by molar-refractivity contribution is 6.00. The van der Waals surface area contributed by atoms with Crippen LogP contribution in [0.5, 0.6) is 11.5 Å². The maximum Gasteiger partial charge on any atom is 0.228 e. The molecule has 2 atom stereocenters. The number of rotatable bonds is 5. The van der Waals surface area contributed by atoms with Crippen LogP contribution in [0.1, 0.15) is 30.9 Å². The van der Waals surface area contributed by atoms with Gasteiger partial charge in [0.2, 0.25) is 11.8 Å². The van der Waals surface area contributed by atoms with Crippen LogP contribution in [0.4, 0.5) is 10.1 Å². The Balaban J connectivity index is 1.54. The van der Waals surface area contributed by atoms with Gasteiger partial charge in [0.25, 0.3) is 0 Å². The number of anilines is 1. The molecule has 2 aliphatic rings. The van der Waals surface area contributed by atoms with Crippen LogP contribution in [-0.2, 0) is 9.59 Å². The number of amides is 2. The number of carbonyl (C=O) groups is 2. The van der Waals surface area contributed by atoms with Gasteiger partial charge < -0.3 is 19.3 Å². The van der Waals surface area contributed by atoms with Crippen molar-refractivity contribution >= 4 is 17.5 Å². The molecule has 0 bridgehead atoms. The van der Waals surface area contributed by atoms with Gasteiger partial charge in [0, 0.05) is 36.8 Å². The number of hydrogen-bond acceptors (Lipinski definition) is 4. The minimum atomic E-state index is -0.439. The molecule has 0 radical (unpaired) electrons. The van der Waals surface area contributed by atoms with E-state index in [2.05, 4.69) is 0 Å². The van der Waals surface area contributed by atoms with Crippen LogP contribution >= 0.6 is 0 Å². The molecule has 0 aromatic heterocycles. The normalized spacial score (nSPS) is 21.2. The molecule has 2 aromatic carbocycles. The van der Waals surface area contributed by atoms with Gasteiger partial charge in [-0.1, -0.05) is 6.07 Å². The van der Waals surface area contributed by atoms with Crippen molar-refractivity contribution in [1.29, 1.82) is 0 Å². The second-order valence-corrected chi connectivity index (χ2v) is 7.68. The van der Waals surface area contributed by atoms with E-state index in [0.29, 0.717) is 23.7 Å². The lowest BCUT2D eigenvalue weighted by Crippen LogP contribution is -2.37. The van der Waals surface area contributed by atoms with Crippen LogP contribution in [0.2, 0.25) is 0 Å². The van der Waals surface area contributed by atoms with Crippen LogP contribution in [0.3, 0.4) is 0 Å². The summed E-state index contributed by atoms with van der Waals surface area (Å²) in [6.45, 7) is 0.910. The predicted molar refractivity (Wildman–Crippen MR) is 110 cm³/mol. The Labute approximate surface area is 175 Å². The molecule has 2 aliphatic heterocycles. The van der Waals surface area contributed by atoms with E-state index in [1.54, 1.807) is 26.4 Å². The van der Waals surface area contributed by atoms with Crippen LogP contribution in [-0.4, -0.2) is 44.0 Å². The molecule has 2 aromatic rings. The smallest absolute Gasteiger partial charge is 0.228 e. The first kappa shape index (κ1) is 20.2. The van der Waals surface area contributed by atoms with E-state index < -0.39 is 11.7 Å². The summed E-state index contributed by atoms with van der Waals surface area (Å²) in [6.07, 6.45) is 1.86. The molecule has 30 heavy (non-hydrogen) atoms. The molecular weight excluding hydrogens is 387 g/mol. The zero-order chi connectivity index (χ0) is 21.3. The van der Waals surface area contributed by atoms with Crippen molar-refractivity contribution in [3.05, 3.63) is 53.8 Å². The van der Waals surface area contributed by atoms with Gasteiger partial charge in [-0.3, -0.25) is 9.59 Å². The summed E-state index contributed by atoms with van der Waals surface area (Å²) in [5.74, 6) is 0.341. The van der Waals surface area contributed by atoms with E-state index in [4.69, 9.17) is 9.47 Å². The second-order valence-electron chi connectivity index (χ2n) is 7.68. The molecule has 0 saturated carbocycles. The Bertz CT molecular complexity index is 964. The number of likely N-dealkylation sites (tertiary alicyclic amines) is 1. The highest BCUT2D eigenvalue weighted by Gasteiger charge is 2.41. The molecule has 6 nitrogen and oxygen atoms in total. The molecule has 0 N–H and O–H groups in total. The van der Waals surface area contributed by atoms with Crippen molar-refractivity contribution in [2.75, 3.05) is 32.2 Å². The second kappa shape index (κ2) is 8.34. The van der Waals surface area contributed by atoms with Crippen molar-refractivity contribution < 1.29 is 23.5 Å². The molecule has 7 heteroatoms. The van der Waals surface area contributed by atoms with E-state index in [-0.39, 0.29) is 30.8 Å². The summed E-state index contributed by atoms with van der Waals surface area (Å²) < 4.78 is 24.4. The fraction of sp³-hybridized carbons (Fsp3) is 0.391. The molecule has 4 rings (SSSR count). The van der Waals surface area contributed by atoms with Gasteiger partial charge in [-0.2, -0.15) is 0 Å². The lowest BCUT2D eigenvalue weighted by atomic mass is 10.0. The van der Waals surface area contributed by atoms with Crippen molar-refractivity contribution in [2.45, 2.75) is 25.3 Å².